The van der Waals surface area contributed by atoms with Gasteiger partial charge >= 0.3 is 5.97 Å². The molecule has 23 heavy (non-hydrogen) atoms. The van der Waals surface area contributed by atoms with E-state index < -0.39 is 5.97 Å². The molecule has 0 saturated heterocycles. The number of hydrogen-bond acceptors (Lipinski definition) is 7. The van der Waals surface area contributed by atoms with Crippen LogP contribution in [0.4, 0.5) is 5.82 Å². The number of carbonyl (C=O) groups is 1. The monoisotopic (exact) mass is 336 g/mol. The molecule has 2 aromatic rings. The summed E-state index contributed by atoms with van der Waals surface area (Å²) in [5, 5.41) is 15.1. The molecule has 0 aliphatic heterocycles. The van der Waals surface area contributed by atoms with Gasteiger partial charge in [0.05, 0.1) is 24.5 Å². The van der Waals surface area contributed by atoms with Crippen molar-refractivity contribution in [1.29, 1.82) is 0 Å². The Hall–Kier alpha value is -2.06. The molecule has 0 aliphatic rings. The summed E-state index contributed by atoms with van der Waals surface area (Å²) in [6.07, 6.45) is 0. The van der Waals surface area contributed by atoms with Crippen molar-refractivity contribution in [2.24, 2.45) is 0 Å². The lowest BCUT2D eigenvalue weighted by Crippen LogP contribution is -2.18. The number of methoxy groups -OCH3 is 1. The van der Waals surface area contributed by atoms with Crippen molar-refractivity contribution in [1.82, 2.24) is 15.0 Å². The number of ether oxygens (including phenoxy) is 1. The minimum absolute atomic E-state index is 0.210. The maximum absolute atomic E-state index is 11.2. The number of nitrogens with one attached hydrogen (secondary N) is 1. The Morgan fingerprint density at radius 3 is 2.70 bits per heavy atom. The van der Waals surface area contributed by atoms with Crippen LogP contribution in [0.2, 0.25) is 0 Å². The van der Waals surface area contributed by atoms with Crippen LogP contribution >= 0.6 is 11.3 Å². The number of carboxylic acids is 1. The van der Waals surface area contributed by atoms with Crippen molar-refractivity contribution in [3.05, 3.63) is 33.7 Å². The summed E-state index contributed by atoms with van der Waals surface area (Å²) in [4.78, 5) is 23.8. The molecule has 0 aliphatic carbocycles. The SMILES string of the molecule is COCc1nc(CNc2cc(C(C)(C)C)nc(C(=O)O)n2)cs1. The fourth-order valence-electron chi connectivity index (χ4n) is 1.82. The molecule has 0 aromatic carbocycles. The molecule has 0 bridgehead atoms. The van der Waals surface area contributed by atoms with Crippen LogP contribution in [0.3, 0.4) is 0 Å². The summed E-state index contributed by atoms with van der Waals surface area (Å²) >= 11 is 1.52. The van der Waals surface area contributed by atoms with Gasteiger partial charge in [0.1, 0.15) is 10.8 Å². The van der Waals surface area contributed by atoms with E-state index >= 15 is 0 Å². The predicted octanol–water partition coefficient (Wildman–Crippen LogP) is 2.69. The van der Waals surface area contributed by atoms with Gasteiger partial charge in [-0.3, -0.25) is 0 Å². The fraction of sp³-hybridized carbons (Fsp3) is 0.467. The maximum Gasteiger partial charge on any atom is 0.374 e. The van der Waals surface area contributed by atoms with Gasteiger partial charge in [-0.05, 0) is 0 Å². The standard InChI is InChI=1S/C15H20N4O3S/c1-15(2,3)10-5-11(19-13(18-10)14(20)21)16-6-9-8-23-12(17-9)7-22-4/h5,8H,6-7H2,1-4H3,(H,20,21)(H,16,18,19). The topological polar surface area (TPSA) is 97.2 Å². The fourth-order valence-corrected chi connectivity index (χ4v) is 2.58. The molecule has 2 rings (SSSR count). The van der Waals surface area contributed by atoms with Gasteiger partial charge in [0, 0.05) is 24.0 Å². The molecule has 2 aromatic heterocycles. The molecular formula is C15H20N4O3S. The lowest BCUT2D eigenvalue weighted by atomic mass is 9.92. The molecular weight excluding hydrogens is 316 g/mol. The molecule has 7 nitrogen and oxygen atoms in total. The van der Waals surface area contributed by atoms with Gasteiger partial charge in [-0.15, -0.1) is 11.3 Å². The zero-order valence-corrected chi connectivity index (χ0v) is 14.4. The van der Waals surface area contributed by atoms with E-state index in [9.17, 15) is 4.79 Å². The first-order chi connectivity index (χ1) is 10.8. The zero-order chi connectivity index (χ0) is 17.0. The zero-order valence-electron chi connectivity index (χ0n) is 13.6. The van der Waals surface area contributed by atoms with E-state index in [1.54, 1.807) is 13.2 Å². The molecule has 0 spiro atoms. The summed E-state index contributed by atoms with van der Waals surface area (Å²) in [6.45, 7) is 6.86. The van der Waals surface area contributed by atoms with Gasteiger partial charge in [0.15, 0.2) is 0 Å². The Morgan fingerprint density at radius 2 is 2.09 bits per heavy atom. The van der Waals surface area contributed by atoms with Crippen LogP contribution in [0.15, 0.2) is 11.4 Å². The van der Waals surface area contributed by atoms with Gasteiger partial charge in [0.2, 0.25) is 5.82 Å². The summed E-state index contributed by atoms with van der Waals surface area (Å²) in [7, 11) is 1.63. The molecule has 2 heterocycles. The lowest BCUT2D eigenvalue weighted by molar-refractivity contribution is 0.0683. The van der Waals surface area contributed by atoms with Crippen molar-refractivity contribution in [2.45, 2.75) is 39.3 Å². The second kappa shape index (κ2) is 7.01. The van der Waals surface area contributed by atoms with Gasteiger partial charge < -0.3 is 15.2 Å². The van der Waals surface area contributed by atoms with Crippen molar-refractivity contribution in [3.63, 3.8) is 0 Å². The molecule has 0 amide bonds. The minimum atomic E-state index is -1.14. The van der Waals surface area contributed by atoms with Gasteiger partial charge in [-0.1, -0.05) is 20.8 Å². The number of carboxylic acid groups (broad SMARTS) is 1. The van der Waals surface area contributed by atoms with E-state index in [4.69, 9.17) is 9.84 Å². The first kappa shape index (κ1) is 17.3. The average Bonchev–Trinajstić information content (AvgIpc) is 2.92. The summed E-state index contributed by atoms with van der Waals surface area (Å²) in [6, 6.07) is 1.77. The highest BCUT2D eigenvalue weighted by Crippen LogP contribution is 2.22. The Morgan fingerprint density at radius 1 is 1.35 bits per heavy atom. The Labute approximate surface area is 138 Å². The van der Waals surface area contributed by atoms with E-state index in [1.165, 1.54) is 11.3 Å². The van der Waals surface area contributed by atoms with Crippen molar-refractivity contribution in [2.75, 3.05) is 12.4 Å². The van der Waals surface area contributed by atoms with Crippen LogP contribution < -0.4 is 5.32 Å². The van der Waals surface area contributed by atoms with E-state index in [0.717, 1.165) is 10.7 Å². The minimum Gasteiger partial charge on any atom is -0.475 e. The van der Waals surface area contributed by atoms with Crippen LogP contribution in [-0.4, -0.2) is 33.1 Å². The number of hydrogen-bond donors (Lipinski definition) is 2. The van der Waals surface area contributed by atoms with E-state index in [-0.39, 0.29) is 11.2 Å². The second-order valence-corrected chi connectivity index (χ2v) is 6.98. The lowest BCUT2D eigenvalue weighted by Gasteiger charge is -2.19. The molecule has 124 valence electrons. The Bertz CT molecular complexity index is 694. The summed E-state index contributed by atoms with van der Waals surface area (Å²) in [5.74, 6) is -0.878. The highest BCUT2D eigenvalue weighted by atomic mass is 32.1. The molecule has 2 N–H and O–H groups in total. The first-order valence-corrected chi connectivity index (χ1v) is 7.96. The number of aromatic nitrogens is 3. The van der Waals surface area contributed by atoms with E-state index in [0.29, 0.717) is 24.7 Å². The molecule has 0 fully saturated rings. The van der Waals surface area contributed by atoms with Crippen molar-refractivity contribution in [3.8, 4) is 0 Å². The quantitative estimate of drug-likeness (QED) is 0.837. The summed E-state index contributed by atoms with van der Waals surface area (Å²) < 4.78 is 5.04. The van der Waals surface area contributed by atoms with E-state index in [1.807, 2.05) is 26.2 Å². The largest absolute Gasteiger partial charge is 0.475 e. The third-order valence-electron chi connectivity index (χ3n) is 3.00. The molecule has 0 saturated carbocycles. The Kier molecular flexibility index (Phi) is 5.27. The number of thiazole rings is 1. The van der Waals surface area contributed by atoms with Crippen LogP contribution in [-0.2, 0) is 23.3 Å². The number of nitrogens with zero attached hydrogens (tertiary/aromatic N) is 3. The number of aromatic carboxylic acids is 1. The highest BCUT2D eigenvalue weighted by molar-refractivity contribution is 7.09. The van der Waals surface area contributed by atoms with Crippen molar-refractivity contribution >= 4 is 23.1 Å². The second-order valence-electron chi connectivity index (χ2n) is 6.04. The van der Waals surface area contributed by atoms with Crippen molar-refractivity contribution < 1.29 is 14.6 Å². The van der Waals surface area contributed by atoms with Gasteiger partial charge in [-0.2, -0.15) is 0 Å². The van der Waals surface area contributed by atoms with Crippen LogP contribution in [0.25, 0.3) is 0 Å². The normalized spacial score (nSPS) is 11.5. The van der Waals surface area contributed by atoms with E-state index in [2.05, 4.69) is 20.3 Å². The third-order valence-corrected chi connectivity index (χ3v) is 3.87. The average molecular weight is 336 g/mol. The van der Waals surface area contributed by atoms with Crippen LogP contribution in [0.1, 0.15) is 47.8 Å². The third kappa shape index (κ3) is 4.70. The molecule has 0 unspecified atom stereocenters. The van der Waals surface area contributed by atoms with Gasteiger partial charge in [0.25, 0.3) is 0 Å². The first-order valence-electron chi connectivity index (χ1n) is 7.08. The summed E-state index contributed by atoms with van der Waals surface area (Å²) in [5.41, 5.74) is 1.26. The van der Waals surface area contributed by atoms with Crippen LogP contribution in [0.5, 0.6) is 0 Å². The van der Waals surface area contributed by atoms with Gasteiger partial charge in [-0.25, -0.2) is 19.7 Å². The Balaban J connectivity index is 2.17. The highest BCUT2D eigenvalue weighted by Gasteiger charge is 2.20. The predicted molar refractivity (Wildman–Crippen MR) is 87.8 cm³/mol. The number of rotatable bonds is 6. The smallest absolute Gasteiger partial charge is 0.374 e. The molecule has 8 heteroatoms. The van der Waals surface area contributed by atoms with Crippen LogP contribution in [0, 0.1) is 0 Å². The maximum atomic E-state index is 11.2. The molecule has 0 atom stereocenters. The molecule has 0 radical (unpaired) electrons. The number of anilines is 1.